The van der Waals surface area contributed by atoms with Crippen LogP contribution in [0.5, 0.6) is 0 Å². The van der Waals surface area contributed by atoms with Crippen molar-refractivity contribution in [2.75, 3.05) is 0 Å². The van der Waals surface area contributed by atoms with Crippen LogP contribution in [0.2, 0.25) is 0 Å². The van der Waals surface area contributed by atoms with E-state index in [4.69, 9.17) is 11.6 Å². The highest BCUT2D eigenvalue weighted by Gasteiger charge is 2.17. The smallest absolute Gasteiger partial charge is 0.164 e. The van der Waals surface area contributed by atoms with E-state index < -0.39 is 0 Å². The van der Waals surface area contributed by atoms with Crippen LogP contribution < -0.4 is 0 Å². The Morgan fingerprint density at radius 1 is 1.21 bits per heavy atom. The summed E-state index contributed by atoms with van der Waals surface area (Å²) in [4.78, 5) is 9.12. The van der Waals surface area contributed by atoms with Crippen molar-refractivity contribution in [3.8, 4) is 5.69 Å². The van der Waals surface area contributed by atoms with E-state index in [1.165, 1.54) is 0 Å². The third-order valence-corrected chi connectivity index (χ3v) is 3.23. The van der Waals surface area contributed by atoms with Gasteiger partial charge < -0.3 is 0 Å². The first-order valence-corrected chi connectivity index (χ1v) is 6.65. The zero-order valence-corrected chi connectivity index (χ0v) is 11.6. The van der Waals surface area contributed by atoms with Crippen LogP contribution in [0.3, 0.4) is 0 Å². The number of hydrogen-bond donors (Lipinski definition) is 0. The fourth-order valence-electron chi connectivity index (χ4n) is 2.18. The molecule has 1 atom stereocenters. The maximum Gasteiger partial charge on any atom is 0.164 e. The SMILES string of the molecule is Cc1cnc2c(c1)nc(C(C)Cl)n2-c1ccccc1. The van der Waals surface area contributed by atoms with Crippen LogP contribution in [0.1, 0.15) is 23.7 Å². The molecule has 4 heteroatoms. The summed E-state index contributed by atoms with van der Waals surface area (Å²) in [6.45, 7) is 3.94. The molecule has 2 heterocycles. The van der Waals surface area contributed by atoms with Gasteiger partial charge in [0.05, 0.1) is 5.38 Å². The number of alkyl halides is 1. The lowest BCUT2D eigenvalue weighted by atomic mass is 10.3. The van der Waals surface area contributed by atoms with Gasteiger partial charge in [0.15, 0.2) is 5.65 Å². The Labute approximate surface area is 116 Å². The molecule has 3 aromatic rings. The maximum absolute atomic E-state index is 6.26. The number of hydrogen-bond acceptors (Lipinski definition) is 2. The molecule has 2 aromatic heterocycles. The van der Waals surface area contributed by atoms with Crippen molar-refractivity contribution in [3.05, 3.63) is 54.0 Å². The molecule has 0 saturated heterocycles. The lowest BCUT2D eigenvalue weighted by molar-refractivity contribution is 0.877. The second-order valence-corrected chi connectivity index (χ2v) is 5.27. The van der Waals surface area contributed by atoms with E-state index in [1.54, 1.807) is 0 Å². The van der Waals surface area contributed by atoms with Crippen molar-refractivity contribution in [1.29, 1.82) is 0 Å². The lowest BCUT2D eigenvalue weighted by Gasteiger charge is -2.09. The summed E-state index contributed by atoms with van der Waals surface area (Å²) >= 11 is 6.26. The molecule has 0 aliphatic rings. The molecular formula is C15H14ClN3. The van der Waals surface area contributed by atoms with Gasteiger partial charge in [-0.1, -0.05) is 18.2 Å². The number of aryl methyl sites for hydroxylation is 1. The van der Waals surface area contributed by atoms with Crippen LogP contribution in [0, 0.1) is 6.92 Å². The molecule has 3 nitrogen and oxygen atoms in total. The van der Waals surface area contributed by atoms with Crippen molar-refractivity contribution < 1.29 is 0 Å². The summed E-state index contributed by atoms with van der Waals surface area (Å²) < 4.78 is 2.02. The molecule has 0 radical (unpaired) electrons. The normalized spacial score (nSPS) is 12.8. The zero-order chi connectivity index (χ0) is 13.4. The van der Waals surface area contributed by atoms with E-state index in [0.717, 1.165) is 28.2 Å². The molecular weight excluding hydrogens is 258 g/mol. The molecule has 0 fully saturated rings. The number of pyridine rings is 1. The van der Waals surface area contributed by atoms with Crippen LogP contribution in [-0.4, -0.2) is 14.5 Å². The topological polar surface area (TPSA) is 30.7 Å². The Bertz CT molecular complexity index is 717. The summed E-state index contributed by atoms with van der Waals surface area (Å²) in [6, 6.07) is 12.1. The molecule has 1 unspecified atom stereocenters. The van der Waals surface area contributed by atoms with Crippen molar-refractivity contribution in [3.63, 3.8) is 0 Å². The molecule has 0 saturated carbocycles. The Morgan fingerprint density at radius 2 is 1.95 bits per heavy atom. The summed E-state index contributed by atoms with van der Waals surface area (Å²) in [7, 11) is 0. The molecule has 0 amide bonds. The number of benzene rings is 1. The second kappa shape index (κ2) is 4.67. The first-order chi connectivity index (χ1) is 9.16. The molecule has 1 aromatic carbocycles. The Morgan fingerprint density at radius 3 is 2.63 bits per heavy atom. The minimum absolute atomic E-state index is 0.172. The highest BCUT2D eigenvalue weighted by Crippen LogP contribution is 2.27. The van der Waals surface area contributed by atoms with Gasteiger partial charge in [0.25, 0.3) is 0 Å². The van der Waals surface area contributed by atoms with Crippen LogP contribution in [0.4, 0.5) is 0 Å². The van der Waals surface area contributed by atoms with Crippen molar-refractivity contribution >= 4 is 22.8 Å². The fourth-order valence-corrected chi connectivity index (χ4v) is 2.33. The first kappa shape index (κ1) is 12.2. The van der Waals surface area contributed by atoms with Crippen LogP contribution in [-0.2, 0) is 0 Å². The van der Waals surface area contributed by atoms with Crippen LogP contribution >= 0.6 is 11.6 Å². The summed E-state index contributed by atoms with van der Waals surface area (Å²) in [5.74, 6) is 0.820. The van der Waals surface area contributed by atoms with Crippen molar-refractivity contribution in [1.82, 2.24) is 14.5 Å². The van der Waals surface area contributed by atoms with Gasteiger partial charge in [-0.15, -0.1) is 11.6 Å². The van der Waals surface area contributed by atoms with E-state index in [1.807, 2.05) is 61.0 Å². The van der Waals surface area contributed by atoms with Gasteiger partial charge in [-0.2, -0.15) is 0 Å². The summed E-state index contributed by atoms with van der Waals surface area (Å²) in [5.41, 5.74) is 3.86. The molecule has 19 heavy (non-hydrogen) atoms. The highest BCUT2D eigenvalue weighted by molar-refractivity contribution is 6.20. The van der Waals surface area contributed by atoms with Gasteiger partial charge >= 0.3 is 0 Å². The Kier molecular flexibility index (Phi) is 2.99. The van der Waals surface area contributed by atoms with Gasteiger partial charge in [-0.25, -0.2) is 9.97 Å². The van der Waals surface area contributed by atoms with E-state index >= 15 is 0 Å². The number of fused-ring (bicyclic) bond motifs is 1. The largest absolute Gasteiger partial charge is 0.279 e. The predicted molar refractivity (Wildman–Crippen MR) is 77.9 cm³/mol. The van der Waals surface area contributed by atoms with Gasteiger partial charge in [0, 0.05) is 11.9 Å². The Balaban J connectivity index is 2.35. The number of aromatic nitrogens is 3. The molecule has 0 spiro atoms. The number of para-hydroxylation sites is 1. The van der Waals surface area contributed by atoms with Gasteiger partial charge in [0.2, 0.25) is 0 Å². The van der Waals surface area contributed by atoms with Gasteiger partial charge in [-0.05, 0) is 37.6 Å². The third-order valence-electron chi connectivity index (χ3n) is 3.03. The molecule has 0 bridgehead atoms. The van der Waals surface area contributed by atoms with Gasteiger partial charge in [0.1, 0.15) is 11.3 Å². The van der Waals surface area contributed by atoms with Gasteiger partial charge in [-0.3, -0.25) is 4.57 Å². The van der Waals surface area contributed by atoms with Crippen molar-refractivity contribution in [2.45, 2.75) is 19.2 Å². The molecule has 3 rings (SSSR count). The van der Waals surface area contributed by atoms with Crippen molar-refractivity contribution in [2.24, 2.45) is 0 Å². The van der Waals surface area contributed by atoms with E-state index in [-0.39, 0.29) is 5.38 Å². The summed E-state index contributed by atoms with van der Waals surface area (Å²) in [6.07, 6.45) is 1.85. The number of imidazole rings is 1. The molecule has 0 aliphatic heterocycles. The minimum Gasteiger partial charge on any atom is -0.279 e. The zero-order valence-electron chi connectivity index (χ0n) is 10.8. The average Bonchev–Trinajstić information content (AvgIpc) is 2.78. The van der Waals surface area contributed by atoms with Crippen LogP contribution in [0.15, 0.2) is 42.6 Å². The highest BCUT2D eigenvalue weighted by atomic mass is 35.5. The van der Waals surface area contributed by atoms with E-state index in [0.29, 0.717) is 0 Å². The van der Waals surface area contributed by atoms with E-state index in [2.05, 4.69) is 9.97 Å². The van der Waals surface area contributed by atoms with E-state index in [9.17, 15) is 0 Å². The molecule has 96 valence electrons. The van der Waals surface area contributed by atoms with Crippen LogP contribution in [0.25, 0.3) is 16.9 Å². The average molecular weight is 272 g/mol. The summed E-state index contributed by atoms with van der Waals surface area (Å²) in [5, 5.41) is -0.172. The quantitative estimate of drug-likeness (QED) is 0.659. The Hall–Kier alpha value is -1.87. The molecule has 0 aliphatic carbocycles. The third kappa shape index (κ3) is 2.10. The fraction of sp³-hybridized carbons (Fsp3) is 0.200. The lowest BCUT2D eigenvalue weighted by Crippen LogP contribution is -2.02. The molecule has 0 N–H and O–H groups in total. The number of halogens is 1. The maximum atomic E-state index is 6.26. The number of nitrogens with zero attached hydrogens (tertiary/aromatic N) is 3. The minimum atomic E-state index is -0.172. The second-order valence-electron chi connectivity index (χ2n) is 4.61. The monoisotopic (exact) mass is 271 g/mol. The number of rotatable bonds is 2. The predicted octanol–water partition coefficient (Wildman–Crippen LogP) is 4.03. The standard InChI is InChI=1S/C15H14ClN3/c1-10-8-13-15(17-9-10)19(14(18-13)11(2)16)12-6-4-3-5-7-12/h3-9,11H,1-2H3. The first-order valence-electron chi connectivity index (χ1n) is 6.21.